The number of carbonyl (C=O) groups excluding carboxylic acids is 1. The van der Waals surface area contributed by atoms with Gasteiger partial charge in [-0.25, -0.2) is 4.39 Å². The van der Waals surface area contributed by atoms with Crippen molar-refractivity contribution >= 4 is 21.7 Å². The van der Waals surface area contributed by atoms with Gasteiger partial charge in [-0.1, -0.05) is 15.9 Å². The maximum atomic E-state index is 13.8. The van der Waals surface area contributed by atoms with Crippen molar-refractivity contribution in [2.75, 3.05) is 7.11 Å². The molecule has 0 saturated heterocycles. The molecular formula is C16H14BrFO2. The Balaban J connectivity index is 2.54. The first kappa shape index (κ1) is 14.7. The molecule has 0 amide bonds. The average molecular weight is 337 g/mol. The molecule has 0 spiro atoms. The van der Waals surface area contributed by atoms with E-state index in [0.717, 1.165) is 11.1 Å². The van der Waals surface area contributed by atoms with E-state index in [4.69, 9.17) is 4.74 Å². The number of carbonyl (C=O) groups is 1. The van der Waals surface area contributed by atoms with Crippen LogP contribution in [0.5, 0.6) is 5.75 Å². The maximum Gasteiger partial charge on any atom is 0.196 e. The van der Waals surface area contributed by atoms with Gasteiger partial charge in [-0.15, -0.1) is 0 Å². The van der Waals surface area contributed by atoms with Gasteiger partial charge in [0.15, 0.2) is 5.78 Å². The fourth-order valence-electron chi connectivity index (χ4n) is 2.07. The molecule has 0 aliphatic heterocycles. The maximum absolute atomic E-state index is 13.8. The molecule has 0 heterocycles. The van der Waals surface area contributed by atoms with Gasteiger partial charge < -0.3 is 4.74 Å². The number of hydrogen-bond acceptors (Lipinski definition) is 2. The van der Waals surface area contributed by atoms with Crippen LogP contribution in [-0.2, 0) is 0 Å². The van der Waals surface area contributed by atoms with Crippen LogP contribution in [0.25, 0.3) is 0 Å². The summed E-state index contributed by atoms with van der Waals surface area (Å²) in [6.45, 7) is 3.66. The highest BCUT2D eigenvalue weighted by Gasteiger charge is 2.18. The molecule has 2 aromatic carbocycles. The quantitative estimate of drug-likeness (QED) is 0.774. The van der Waals surface area contributed by atoms with Gasteiger partial charge in [-0.05, 0) is 55.3 Å². The van der Waals surface area contributed by atoms with Gasteiger partial charge in [-0.2, -0.15) is 0 Å². The summed E-state index contributed by atoms with van der Waals surface area (Å²) in [7, 11) is 1.58. The third-order valence-electron chi connectivity index (χ3n) is 3.16. The van der Waals surface area contributed by atoms with E-state index in [-0.39, 0.29) is 11.3 Å². The lowest BCUT2D eigenvalue weighted by molar-refractivity contribution is 0.103. The number of ketones is 1. The molecule has 2 rings (SSSR count). The molecule has 2 nitrogen and oxygen atoms in total. The zero-order chi connectivity index (χ0) is 14.9. The van der Waals surface area contributed by atoms with Gasteiger partial charge >= 0.3 is 0 Å². The number of rotatable bonds is 3. The SMILES string of the molecule is COc1cc(C)c(C(=O)c2cc(Br)ccc2F)cc1C. The first-order valence-corrected chi connectivity index (χ1v) is 6.88. The van der Waals surface area contributed by atoms with Gasteiger partial charge in [-0.3, -0.25) is 4.79 Å². The van der Waals surface area contributed by atoms with Crippen molar-refractivity contribution in [2.24, 2.45) is 0 Å². The average Bonchev–Trinajstić information content (AvgIpc) is 2.42. The van der Waals surface area contributed by atoms with E-state index in [1.165, 1.54) is 12.1 Å². The molecule has 0 saturated carbocycles. The molecule has 0 aromatic heterocycles. The van der Waals surface area contributed by atoms with E-state index >= 15 is 0 Å². The molecular weight excluding hydrogens is 323 g/mol. The summed E-state index contributed by atoms with van der Waals surface area (Å²) in [5.74, 6) is -0.133. The van der Waals surface area contributed by atoms with Crippen LogP contribution < -0.4 is 4.74 Å². The lowest BCUT2D eigenvalue weighted by atomic mass is 9.96. The summed E-state index contributed by atoms with van der Waals surface area (Å²) >= 11 is 3.25. The Morgan fingerprint density at radius 2 is 1.80 bits per heavy atom. The lowest BCUT2D eigenvalue weighted by Crippen LogP contribution is -2.07. The third kappa shape index (κ3) is 2.75. The Labute approximate surface area is 125 Å². The third-order valence-corrected chi connectivity index (χ3v) is 3.65. The monoisotopic (exact) mass is 336 g/mol. The van der Waals surface area contributed by atoms with Crippen LogP contribution in [0.4, 0.5) is 4.39 Å². The summed E-state index contributed by atoms with van der Waals surface area (Å²) in [5.41, 5.74) is 2.15. The van der Waals surface area contributed by atoms with Gasteiger partial charge in [0.2, 0.25) is 0 Å². The largest absolute Gasteiger partial charge is 0.496 e. The lowest BCUT2D eigenvalue weighted by Gasteiger charge is -2.11. The van der Waals surface area contributed by atoms with E-state index < -0.39 is 5.82 Å². The molecule has 0 unspecified atom stereocenters. The van der Waals surface area contributed by atoms with E-state index in [1.54, 1.807) is 25.3 Å². The van der Waals surface area contributed by atoms with Crippen molar-refractivity contribution in [3.63, 3.8) is 0 Å². The molecule has 0 fully saturated rings. The normalized spacial score (nSPS) is 10.4. The number of aryl methyl sites for hydroxylation is 2. The van der Waals surface area contributed by atoms with Crippen molar-refractivity contribution < 1.29 is 13.9 Å². The van der Waals surface area contributed by atoms with E-state index in [0.29, 0.717) is 15.8 Å². The summed E-state index contributed by atoms with van der Waals surface area (Å²) in [5, 5.41) is 0. The highest BCUT2D eigenvalue weighted by molar-refractivity contribution is 9.10. The first-order chi connectivity index (χ1) is 9.43. The van der Waals surface area contributed by atoms with Gasteiger partial charge in [0.1, 0.15) is 11.6 Å². The van der Waals surface area contributed by atoms with E-state index in [1.807, 2.05) is 13.8 Å². The summed E-state index contributed by atoms with van der Waals surface area (Å²) in [6, 6.07) is 7.87. The molecule has 20 heavy (non-hydrogen) atoms. The molecule has 0 aliphatic carbocycles. The predicted molar refractivity (Wildman–Crippen MR) is 80.0 cm³/mol. The molecule has 2 aromatic rings. The number of hydrogen-bond donors (Lipinski definition) is 0. The van der Waals surface area contributed by atoms with Gasteiger partial charge in [0, 0.05) is 10.0 Å². The van der Waals surface area contributed by atoms with Crippen LogP contribution in [0.2, 0.25) is 0 Å². The summed E-state index contributed by atoms with van der Waals surface area (Å²) in [6.07, 6.45) is 0. The van der Waals surface area contributed by atoms with Crippen molar-refractivity contribution in [1.29, 1.82) is 0 Å². The minimum absolute atomic E-state index is 0.0621. The van der Waals surface area contributed by atoms with Gasteiger partial charge in [0.25, 0.3) is 0 Å². The number of halogens is 2. The molecule has 0 atom stereocenters. The van der Waals surface area contributed by atoms with Crippen LogP contribution in [0, 0.1) is 19.7 Å². The smallest absolute Gasteiger partial charge is 0.196 e. The minimum atomic E-state index is -0.522. The van der Waals surface area contributed by atoms with Crippen molar-refractivity contribution in [2.45, 2.75) is 13.8 Å². The number of methoxy groups -OCH3 is 1. The van der Waals surface area contributed by atoms with Crippen LogP contribution in [0.3, 0.4) is 0 Å². The Kier molecular flexibility index (Phi) is 4.23. The van der Waals surface area contributed by atoms with Crippen LogP contribution >= 0.6 is 15.9 Å². The fraction of sp³-hybridized carbons (Fsp3) is 0.188. The second kappa shape index (κ2) is 5.75. The molecule has 0 bridgehead atoms. The number of ether oxygens (including phenoxy) is 1. The Morgan fingerprint density at radius 1 is 1.10 bits per heavy atom. The zero-order valence-corrected chi connectivity index (χ0v) is 13.0. The first-order valence-electron chi connectivity index (χ1n) is 6.09. The van der Waals surface area contributed by atoms with E-state index in [9.17, 15) is 9.18 Å². The van der Waals surface area contributed by atoms with Crippen molar-refractivity contribution in [3.8, 4) is 5.75 Å². The topological polar surface area (TPSA) is 26.3 Å². The molecule has 0 radical (unpaired) electrons. The predicted octanol–water partition coefficient (Wildman–Crippen LogP) is 4.44. The Bertz CT molecular complexity index is 680. The zero-order valence-electron chi connectivity index (χ0n) is 11.5. The second-order valence-corrected chi connectivity index (χ2v) is 5.51. The summed E-state index contributed by atoms with van der Waals surface area (Å²) in [4.78, 5) is 12.5. The summed E-state index contributed by atoms with van der Waals surface area (Å²) < 4.78 is 19.7. The Hall–Kier alpha value is -1.68. The highest BCUT2D eigenvalue weighted by Crippen LogP contribution is 2.26. The highest BCUT2D eigenvalue weighted by atomic mass is 79.9. The minimum Gasteiger partial charge on any atom is -0.496 e. The number of benzene rings is 2. The van der Waals surface area contributed by atoms with Crippen LogP contribution in [-0.4, -0.2) is 12.9 Å². The van der Waals surface area contributed by atoms with Crippen LogP contribution in [0.15, 0.2) is 34.8 Å². The Morgan fingerprint density at radius 3 is 2.45 bits per heavy atom. The molecule has 4 heteroatoms. The van der Waals surface area contributed by atoms with E-state index in [2.05, 4.69) is 15.9 Å². The van der Waals surface area contributed by atoms with Gasteiger partial charge in [0.05, 0.1) is 12.7 Å². The second-order valence-electron chi connectivity index (χ2n) is 4.59. The molecule has 0 aliphatic rings. The van der Waals surface area contributed by atoms with Crippen molar-refractivity contribution in [3.05, 3.63) is 62.9 Å². The standard InChI is InChI=1S/C16H14BrFO2/c1-9-7-15(20-3)10(2)6-12(9)16(19)13-8-11(17)4-5-14(13)18/h4-8H,1-3H3. The fourth-order valence-corrected chi connectivity index (χ4v) is 2.43. The van der Waals surface area contributed by atoms with Crippen LogP contribution in [0.1, 0.15) is 27.0 Å². The molecule has 0 N–H and O–H groups in total. The molecule has 104 valence electrons. The van der Waals surface area contributed by atoms with Crippen molar-refractivity contribution in [1.82, 2.24) is 0 Å².